The standard InChI is InChI=1S/C3H2F6S2/c4-2(5,6)1-10-11-3(7,8)9/h1H2. The summed E-state index contributed by atoms with van der Waals surface area (Å²) in [7, 11) is -1.01. The quantitative estimate of drug-likeness (QED) is 0.512. The van der Waals surface area contributed by atoms with E-state index in [1.807, 2.05) is 0 Å². The second-order valence-corrected chi connectivity index (χ2v) is 3.77. The molecule has 0 aromatic rings. The van der Waals surface area contributed by atoms with Gasteiger partial charge in [-0.3, -0.25) is 0 Å². The number of hydrogen-bond acceptors (Lipinski definition) is 2. The molecular weight excluding hydrogens is 214 g/mol. The number of rotatable bonds is 2. The van der Waals surface area contributed by atoms with Gasteiger partial charge in [0.05, 0.1) is 0 Å². The van der Waals surface area contributed by atoms with Gasteiger partial charge in [-0.15, -0.1) is 0 Å². The Morgan fingerprint density at radius 1 is 0.909 bits per heavy atom. The summed E-state index contributed by atoms with van der Waals surface area (Å²) in [6.45, 7) is 0. The average molecular weight is 216 g/mol. The SMILES string of the molecule is FC(F)(F)CSSC(F)(F)F. The fraction of sp³-hybridized carbons (Fsp3) is 1.00. The van der Waals surface area contributed by atoms with Crippen molar-refractivity contribution in [1.29, 1.82) is 0 Å². The highest BCUT2D eigenvalue weighted by atomic mass is 33.1. The van der Waals surface area contributed by atoms with Crippen LogP contribution in [0.4, 0.5) is 26.3 Å². The molecule has 0 nitrogen and oxygen atoms in total. The molecule has 0 fully saturated rings. The topological polar surface area (TPSA) is 0 Å². The third-order valence-corrected chi connectivity index (χ3v) is 2.40. The minimum atomic E-state index is -4.60. The summed E-state index contributed by atoms with van der Waals surface area (Å²) >= 11 is 0. The van der Waals surface area contributed by atoms with Gasteiger partial charge in [0.15, 0.2) is 0 Å². The van der Waals surface area contributed by atoms with Crippen molar-refractivity contribution in [3.8, 4) is 0 Å². The van der Waals surface area contributed by atoms with Gasteiger partial charge in [0.1, 0.15) is 5.75 Å². The van der Waals surface area contributed by atoms with Crippen LogP contribution in [0.15, 0.2) is 0 Å². The van der Waals surface area contributed by atoms with E-state index in [2.05, 4.69) is 0 Å². The largest absolute Gasteiger partial charge is 0.452 e. The molecule has 8 heteroatoms. The summed E-state index contributed by atoms with van der Waals surface area (Å²) in [5.41, 5.74) is -4.60. The molecule has 0 spiro atoms. The minimum Gasteiger partial charge on any atom is -0.170 e. The van der Waals surface area contributed by atoms with E-state index in [1.54, 1.807) is 0 Å². The molecule has 0 rings (SSSR count). The van der Waals surface area contributed by atoms with Crippen LogP contribution in [0.3, 0.4) is 0 Å². The Hall–Kier alpha value is 0.280. The van der Waals surface area contributed by atoms with Crippen LogP contribution in [0.1, 0.15) is 0 Å². The highest BCUT2D eigenvalue weighted by molar-refractivity contribution is 8.77. The molecule has 0 aliphatic carbocycles. The van der Waals surface area contributed by atoms with Crippen molar-refractivity contribution in [1.82, 2.24) is 0 Å². The fourth-order valence-corrected chi connectivity index (χ4v) is 1.47. The molecule has 0 N–H and O–H groups in total. The van der Waals surface area contributed by atoms with Gasteiger partial charge >= 0.3 is 11.7 Å². The first-order valence-electron chi connectivity index (χ1n) is 2.15. The third-order valence-electron chi connectivity index (χ3n) is 0.376. The summed E-state index contributed by atoms with van der Waals surface area (Å²) < 4.78 is 67.3. The summed E-state index contributed by atoms with van der Waals surface area (Å²) in [6, 6.07) is 0. The number of alkyl halides is 6. The first-order chi connectivity index (χ1) is 4.71. The summed E-state index contributed by atoms with van der Waals surface area (Å²) in [4.78, 5) is 0. The summed E-state index contributed by atoms with van der Waals surface area (Å²) in [5.74, 6) is -1.49. The molecule has 0 heterocycles. The van der Waals surface area contributed by atoms with Crippen molar-refractivity contribution in [2.45, 2.75) is 11.7 Å². The van der Waals surface area contributed by atoms with Crippen LogP contribution >= 0.6 is 21.6 Å². The van der Waals surface area contributed by atoms with Gasteiger partial charge < -0.3 is 0 Å². The van der Waals surface area contributed by atoms with Gasteiger partial charge in [-0.25, -0.2) is 0 Å². The van der Waals surface area contributed by atoms with E-state index >= 15 is 0 Å². The van der Waals surface area contributed by atoms with E-state index in [-0.39, 0.29) is 10.8 Å². The molecule has 0 saturated heterocycles. The zero-order chi connectivity index (χ0) is 9.12. The molecule has 0 aromatic heterocycles. The molecule has 11 heavy (non-hydrogen) atoms. The molecule has 0 atom stereocenters. The lowest BCUT2D eigenvalue weighted by Crippen LogP contribution is -2.10. The summed E-state index contributed by atoms with van der Waals surface area (Å²) in [5, 5.41) is 0. The first kappa shape index (κ1) is 11.3. The summed E-state index contributed by atoms with van der Waals surface area (Å²) in [6.07, 6.45) is -4.54. The Morgan fingerprint density at radius 2 is 1.36 bits per heavy atom. The Bertz CT molecular complexity index is 100.0. The molecule has 0 unspecified atom stereocenters. The van der Waals surface area contributed by atoms with E-state index in [9.17, 15) is 26.3 Å². The van der Waals surface area contributed by atoms with Crippen LogP contribution in [0.5, 0.6) is 0 Å². The van der Waals surface area contributed by atoms with Gasteiger partial charge in [0, 0.05) is 10.8 Å². The maximum Gasteiger partial charge on any atom is 0.452 e. The Kier molecular flexibility index (Phi) is 3.89. The zero-order valence-electron chi connectivity index (χ0n) is 4.79. The molecule has 0 aliphatic heterocycles. The predicted octanol–water partition coefficient (Wildman–Crippen LogP) is 3.45. The van der Waals surface area contributed by atoms with Crippen LogP contribution < -0.4 is 0 Å². The molecule has 0 aliphatic rings. The fourth-order valence-electron chi connectivity index (χ4n) is 0.163. The highest BCUT2D eigenvalue weighted by Crippen LogP contribution is 2.41. The highest BCUT2D eigenvalue weighted by Gasteiger charge is 2.33. The van der Waals surface area contributed by atoms with Crippen molar-refractivity contribution in [3.05, 3.63) is 0 Å². The molecule has 68 valence electrons. The Labute approximate surface area is 66.1 Å². The predicted molar refractivity (Wildman–Crippen MR) is 32.2 cm³/mol. The number of hydrogen-bond donors (Lipinski definition) is 0. The van der Waals surface area contributed by atoms with E-state index in [1.165, 1.54) is 0 Å². The zero-order valence-corrected chi connectivity index (χ0v) is 6.42. The van der Waals surface area contributed by atoms with E-state index < -0.39 is 28.2 Å². The molecule has 0 bridgehead atoms. The van der Waals surface area contributed by atoms with Crippen molar-refractivity contribution in [2.75, 3.05) is 5.75 Å². The lowest BCUT2D eigenvalue weighted by molar-refractivity contribution is -0.104. The maximum absolute atomic E-state index is 11.2. The van der Waals surface area contributed by atoms with Crippen LogP contribution in [0, 0.1) is 0 Å². The van der Waals surface area contributed by atoms with E-state index in [4.69, 9.17) is 0 Å². The third kappa shape index (κ3) is 10.3. The van der Waals surface area contributed by atoms with Gasteiger partial charge in [0.25, 0.3) is 0 Å². The van der Waals surface area contributed by atoms with Gasteiger partial charge in [-0.05, 0) is 0 Å². The maximum atomic E-state index is 11.2. The molecule has 0 aromatic carbocycles. The molecular formula is C3H2F6S2. The van der Waals surface area contributed by atoms with Gasteiger partial charge in [-0.1, -0.05) is 10.8 Å². The van der Waals surface area contributed by atoms with Crippen LogP contribution in [-0.2, 0) is 0 Å². The van der Waals surface area contributed by atoms with E-state index in [0.29, 0.717) is 0 Å². The minimum absolute atomic E-state index is 0.266. The lowest BCUT2D eigenvalue weighted by Gasteiger charge is -2.06. The lowest BCUT2D eigenvalue weighted by atomic mass is 10.8. The normalized spacial score (nSPS) is 13.6. The van der Waals surface area contributed by atoms with Crippen molar-refractivity contribution < 1.29 is 26.3 Å². The Morgan fingerprint density at radius 3 is 1.64 bits per heavy atom. The van der Waals surface area contributed by atoms with Crippen LogP contribution in [-0.4, -0.2) is 17.4 Å². The first-order valence-corrected chi connectivity index (χ1v) is 4.47. The molecule has 0 saturated carbocycles. The van der Waals surface area contributed by atoms with Crippen LogP contribution in [0.2, 0.25) is 0 Å². The smallest absolute Gasteiger partial charge is 0.170 e. The Balaban J connectivity index is 3.44. The number of halogens is 6. The monoisotopic (exact) mass is 216 g/mol. The van der Waals surface area contributed by atoms with Gasteiger partial charge in [-0.2, -0.15) is 26.3 Å². The van der Waals surface area contributed by atoms with E-state index in [0.717, 1.165) is 0 Å². The second-order valence-electron chi connectivity index (χ2n) is 1.41. The van der Waals surface area contributed by atoms with Crippen molar-refractivity contribution >= 4 is 21.6 Å². The molecule has 0 radical (unpaired) electrons. The van der Waals surface area contributed by atoms with Gasteiger partial charge in [0.2, 0.25) is 0 Å². The van der Waals surface area contributed by atoms with Crippen molar-refractivity contribution in [3.63, 3.8) is 0 Å². The van der Waals surface area contributed by atoms with Crippen molar-refractivity contribution in [2.24, 2.45) is 0 Å². The molecule has 0 amide bonds. The average Bonchev–Trinajstić information content (AvgIpc) is 1.55. The van der Waals surface area contributed by atoms with Crippen LogP contribution in [0.25, 0.3) is 0 Å². The second kappa shape index (κ2) is 3.79.